The Bertz CT molecular complexity index is 580. The van der Waals surface area contributed by atoms with Crippen molar-refractivity contribution in [1.29, 1.82) is 0 Å². The number of nitrogens with zero attached hydrogens (tertiary/aromatic N) is 1. The van der Waals surface area contributed by atoms with E-state index in [0.717, 1.165) is 0 Å². The van der Waals surface area contributed by atoms with Crippen molar-refractivity contribution in [2.45, 2.75) is 6.92 Å². The second-order valence-corrected chi connectivity index (χ2v) is 4.05. The number of hydrogen-bond acceptors (Lipinski definition) is 4. The normalized spacial score (nSPS) is 10.2. The van der Waals surface area contributed by atoms with E-state index in [0.29, 0.717) is 22.0 Å². The number of methoxy groups -OCH3 is 1. The van der Waals surface area contributed by atoms with Gasteiger partial charge in [-0.15, -0.1) is 0 Å². The largest absolute Gasteiger partial charge is 0.495 e. The molecule has 1 aromatic heterocycles. The number of halogens is 1. The number of carbonyl (C=O) groups excluding carboxylic acids is 1. The van der Waals surface area contributed by atoms with E-state index in [9.17, 15) is 4.79 Å². The minimum absolute atomic E-state index is 0.182. The van der Waals surface area contributed by atoms with Gasteiger partial charge in [0.25, 0.3) is 5.91 Å². The molecule has 0 fully saturated rings. The topological polar surface area (TPSA) is 64.4 Å². The van der Waals surface area contributed by atoms with Crippen molar-refractivity contribution in [1.82, 2.24) is 5.16 Å². The quantitative estimate of drug-likeness (QED) is 0.928. The molecule has 0 bridgehead atoms. The lowest BCUT2D eigenvalue weighted by atomic mass is 10.2. The van der Waals surface area contributed by atoms with Gasteiger partial charge in [0.05, 0.1) is 18.3 Å². The third kappa shape index (κ3) is 2.46. The van der Waals surface area contributed by atoms with Crippen molar-refractivity contribution in [2.75, 3.05) is 12.4 Å². The highest BCUT2D eigenvalue weighted by Gasteiger charge is 2.14. The van der Waals surface area contributed by atoms with Gasteiger partial charge in [0.2, 0.25) is 5.76 Å². The highest BCUT2D eigenvalue weighted by molar-refractivity contribution is 6.32. The summed E-state index contributed by atoms with van der Waals surface area (Å²) in [6.07, 6.45) is 1.48. The van der Waals surface area contributed by atoms with Crippen LogP contribution >= 0.6 is 11.6 Å². The summed E-state index contributed by atoms with van der Waals surface area (Å²) in [5.74, 6) is 0.360. The van der Waals surface area contributed by atoms with Crippen LogP contribution < -0.4 is 10.1 Å². The van der Waals surface area contributed by atoms with Gasteiger partial charge >= 0.3 is 0 Å². The average Bonchev–Trinajstić information content (AvgIpc) is 2.76. The Hall–Kier alpha value is -2.01. The lowest BCUT2D eigenvalue weighted by Gasteiger charge is -2.06. The Morgan fingerprint density at radius 3 is 2.83 bits per heavy atom. The van der Waals surface area contributed by atoms with Crippen molar-refractivity contribution in [3.63, 3.8) is 0 Å². The maximum atomic E-state index is 11.8. The second-order valence-electron chi connectivity index (χ2n) is 3.64. The molecule has 0 spiro atoms. The summed E-state index contributed by atoms with van der Waals surface area (Å²) in [6, 6.07) is 4.96. The number of anilines is 1. The van der Waals surface area contributed by atoms with Gasteiger partial charge in [-0.2, -0.15) is 0 Å². The minimum Gasteiger partial charge on any atom is -0.495 e. The number of ether oxygens (including phenoxy) is 1. The van der Waals surface area contributed by atoms with Crippen LogP contribution in [0.1, 0.15) is 16.1 Å². The molecular formula is C12H11ClN2O3. The Morgan fingerprint density at radius 1 is 1.50 bits per heavy atom. The zero-order valence-corrected chi connectivity index (χ0v) is 10.6. The second kappa shape index (κ2) is 5.10. The first-order valence-electron chi connectivity index (χ1n) is 5.18. The van der Waals surface area contributed by atoms with Crippen LogP contribution in [0.5, 0.6) is 5.75 Å². The molecule has 0 aliphatic carbocycles. The van der Waals surface area contributed by atoms with Crippen LogP contribution in [-0.4, -0.2) is 18.2 Å². The van der Waals surface area contributed by atoms with Crippen molar-refractivity contribution >= 4 is 23.2 Å². The highest BCUT2D eigenvalue weighted by atomic mass is 35.5. The van der Waals surface area contributed by atoms with Gasteiger partial charge in [-0.1, -0.05) is 16.8 Å². The summed E-state index contributed by atoms with van der Waals surface area (Å²) < 4.78 is 9.88. The number of hydrogen-bond donors (Lipinski definition) is 1. The molecule has 0 atom stereocenters. The predicted octanol–water partition coefficient (Wildman–Crippen LogP) is 2.90. The summed E-state index contributed by atoms with van der Waals surface area (Å²) >= 11 is 5.96. The van der Waals surface area contributed by atoms with Gasteiger partial charge in [-0.3, -0.25) is 4.79 Å². The molecule has 1 aromatic carbocycles. The molecule has 0 aliphatic rings. The fourth-order valence-corrected chi connectivity index (χ4v) is 1.70. The summed E-state index contributed by atoms with van der Waals surface area (Å²) in [7, 11) is 1.53. The molecule has 94 valence electrons. The van der Waals surface area contributed by atoms with Crippen LogP contribution in [-0.2, 0) is 0 Å². The van der Waals surface area contributed by atoms with Gasteiger partial charge in [-0.25, -0.2) is 0 Å². The number of benzene rings is 1. The Balaban J connectivity index is 2.17. The SMILES string of the molecule is COc1ccc(NC(=O)c2oncc2C)cc1Cl. The van der Waals surface area contributed by atoms with E-state index in [-0.39, 0.29) is 11.7 Å². The molecule has 0 unspecified atom stereocenters. The van der Waals surface area contributed by atoms with Crippen LogP contribution in [0.2, 0.25) is 5.02 Å². The first-order valence-corrected chi connectivity index (χ1v) is 5.56. The number of carbonyl (C=O) groups is 1. The zero-order valence-electron chi connectivity index (χ0n) is 9.86. The Morgan fingerprint density at radius 2 is 2.28 bits per heavy atom. The molecular weight excluding hydrogens is 256 g/mol. The standard InChI is InChI=1S/C12H11ClN2O3/c1-7-6-14-18-11(7)12(16)15-8-3-4-10(17-2)9(13)5-8/h3-6H,1-2H3,(H,15,16). The van der Waals surface area contributed by atoms with Gasteiger partial charge < -0.3 is 14.6 Å². The molecule has 2 aromatic rings. The van der Waals surface area contributed by atoms with E-state index in [1.807, 2.05) is 0 Å². The maximum absolute atomic E-state index is 11.8. The zero-order chi connectivity index (χ0) is 13.1. The predicted molar refractivity (Wildman–Crippen MR) is 67.2 cm³/mol. The number of nitrogens with one attached hydrogen (secondary N) is 1. The first-order chi connectivity index (χ1) is 8.61. The summed E-state index contributed by atoms with van der Waals surface area (Å²) in [5, 5.41) is 6.63. The molecule has 0 saturated heterocycles. The molecule has 2 rings (SSSR count). The number of aromatic nitrogens is 1. The van der Waals surface area contributed by atoms with Gasteiger partial charge in [-0.05, 0) is 25.1 Å². The third-order valence-corrected chi connectivity index (χ3v) is 2.66. The molecule has 0 radical (unpaired) electrons. The van der Waals surface area contributed by atoms with E-state index in [1.54, 1.807) is 25.1 Å². The summed E-state index contributed by atoms with van der Waals surface area (Å²) in [6.45, 7) is 1.74. The molecule has 1 heterocycles. The fraction of sp³-hybridized carbons (Fsp3) is 0.167. The molecule has 1 amide bonds. The molecule has 18 heavy (non-hydrogen) atoms. The lowest BCUT2D eigenvalue weighted by Crippen LogP contribution is -2.12. The third-order valence-electron chi connectivity index (χ3n) is 2.36. The highest BCUT2D eigenvalue weighted by Crippen LogP contribution is 2.27. The van der Waals surface area contributed by atoms with Crippen molar-refractivity contribution < 1.29 is 14.1 Å². The number of rotatable bonds is 3. The van der Waals surface area contributed by atoms with Gasteiger partial charge in [0.15, 0.2) is 0 Å². The number of amides is 1. The van der Waals surface area contributed by atoms with Crippen LogP contribution in [0, 0.1) is 6.92 Å². The van der Waals surface area contributed by atoms with Crippen LogP contribution in [0.25, 0.3) is 0 Å². The Labute approximate surface area is 109 Å². The van der Waals surface area contributed by atoms with E-state index >= 15 is 0 Å². The van der Waals surface area contributed by atoms with E-state index < -0.39 is 0 Å². The van der Waals surface area contributed by atoms with Crippen LogP contribution in [0.3, 0.4) is 0 Å². The van der Waals surface area contributed by atoms with Crippen LogP contribution in [0.4, 0.5) is 5.69 Å². The maximum Gasteiger partial charge on any atom is 0.294 e. The van der Waals surface area contributed by atoms with E-state index in [2.05, 4.69) is 10.5 Å². The van der Waals surface area contributed by atoms with E-state index in [4.69, 9.17) is 20.9 Å². The van der Waals surface area contributed by atoms with Crippen LogP contribution in [0.15, 0.2) is 28.9 Å². The molecule has 0 aliphatic heterocycles. The summed E-state index contributed by atoms with van der Waals surface area (Å²) in [4.78, 5) is 11.8. The molecule has 0 saturated carbocycles. The lowest BCUT2D eigenvalue weighted by molar-refractivity contribution is 0.0987. The average molecular weight is 267 g/mol. The van der Waals surface area contributed by atoms with Gasteiger partial charge in [0, 0.05) is 11.3 Å². The summed E-state index contributed by atoms with van der Waals surface area (Å²) in [5.41, 5.74) is 1.23. The van der Waals surface area contributed by atoms with Crippen molar-refractivity contribution in [2.24, 2.45) is 0 Å². The molecule has 5 nitrogen and oxygen atoms in total. The van der Waals surface area contributed by atoms with Crippen molar-refractivity contribution in [3.8, 4) is 5.75 Å². The fourth-order valence-electron chi connectivity index (χ4n) is 1.44. The molecule has 6 heteroatoms. The first kappa shape index (κ1) is 12.4. The van der Waals surface area contributed by atoms with Gasteiger partial charge in [0.1, 0.15) is 5.75 Å². The molecule has 1 N–H and O–H groups in total. The number of aryl methyl sites for hydroxylation is 1. The van der Waals surface area contributed by atoms with Crippen molar-refractivity contribution in [3.05, 3.63) is 40.7 Å². The van der Waals surface area contributed by atoms with E-state index in [1.165, 1.54) is 13.3 Å². The smallest absolute Gasteiger partial charge is 0.294 e. The Kier molecular flexibility index (Phi) is 3.53. The monoisotopic (exact) mass is 266 g/mol. The minimum atomic E-state index is -0.369.